The lowest BCUT2D eigenvalue weighted by atomic mass is 9.85. The van der Waals surface area contributed by atoms with Crippen molar-refractivity contribution in [3.63, 3.8) is 0 Å². The number of rotatable bonds is 9. The highest BCUT2D eigenvalue weighted by atomic mass is 16.5. The molecule has 10 nitrogen and oxygen atoms in total. The zero-order chi connectivity index (χ0) is 28.2. The maximum Gasteiger partial charge on any atom is 0.322 e. The lowest BCUT2D eigenvalue weighted by molar-refractivity contribution is -0.127. The smallest absolute Gasteiger partial charge is 0.322 e. The molecule has 2 aliphatic heterocycles. The summed E-state index contributed by atoms with van der Waals surface area (Å²) < 4.78 is 7.99. The first-order chi connectivity index (χ1) is 19.3. The average Bonchev–Trinajstić information content (AvgIpc) is 3.39. The van der Waals surface area contributed by atoms with Gasteiger partial charge in [-0.25, -0.2) is 0 Å². The molecule has 0 saturated carbocycles. The molecule has 40 heavy (non-hydrogen) atoms. The van der Waals surface area contributed by atoms with Crippen LogP contribution in [0.4, 0.5) is 5.95 Å². The number of Topliss-reactive ketones (excluding diaryl/α,β-unsaturated/α-hetero) is 1. The summed E-state index contributed by atoms with van der Waals surface area (Å²) in [6.45, 7) is 11.2. The van der Waals surface area contributed by atoms with Crippen LogP contribution in [0.3, 0.4) is 0 Å². The summed E-state index contributed by atoms with van der Waals surface area (Å²) in [6, 6.07) is 0.348. The number of aromatic nitrogens is 4. The molecule has 2 aromatic rings. The van der Waals surface area contributed by atoms with Crippen LogP contribution in [0.15, 0.2) is 42.8 Å². The molecule has 0 radical (unpaired) electrons. The number of carbonyl (C=O) groups excluding carboxylic acids is 2. The molecular weight excluding hydrogens is 506 g/mol. The Bertz CT molecular complexity index is 1300. The number of hydrogen-bond donors (Lipinski definition) is 1. The molecule has 10 heteroatoms. The number of allylic oxidation sites excluding steroid dienone is 3. The van der Waals surface area contributed by atoms with E-state index in [4.69, 9.17) is 14.7 Å². The van der Waals surface area contributed by atoms with Crippen LogP contribution in [0.5, 0.6) is 6.01 Å². The molecule has 1 amide bonds. The van der Waals surface area contributed by atoms with Crippen molar-refractivity contribution in [3.8, 4) is 6.01 Å². The fourth-order valence-electron chi connectivity index (χ4n) is 5.71. The summed E-state index contributed by atoms with van der Waals surface area (Å²) in [5, 5.41) is 7.98. The number of hydrogen-bond acceptors (Lipinski definition) is 8. The quantitative estimate of drug-likeness (QED) is 0.470. The minimum atomic E-state index is -0.198. The van der Waals surface area contributed by atoms with Gasteiger partial charge < -0.3 is 19.9 Å². The van der Waals surface area contributed by atoms with E-state index in [2.05, 4.69) is 42.8 Å². The zero-order valence-corrected chi connectivity index (χ0v) is 23.9. The second kappa shape index (κ2) is 12.3. The van der Waals surface area contributed by atoms with Crippen LogP contribution in [0, 0.1) is 11.8 Å². The predicted octanol–water partition coefficient (Wildman–Crippen LogP) is 3.98. The Hall–Kier alpha value is -3.53. The summed E-state index contributed by atoms with van der Waals surface area (Å²) in [5.74, 6) is 1.07. The van der Waals surface area contributed by atoms with Gasteiger partial charge in [-0.1, -0.05) is 32.6 Å². The first-order valence-corrected chi connectivity index (χ1v) is 14.5. The third-order valence-corrected chi connectivity index (χ3v) is 8.26. The number of carbonyl (C=O) groups is 2. The predicted molar refractivity (Wildman–Crippen MR) is 154 cm³/mol. The van der Waals surface area contributed by atoms with Crippen LogP contribution in [0.25, 0.3) is 5.65 Å². The number of piperidine rings is 2. The number of likely N-dealkylation sites (tertiary alicyclic amines) is 2. The lowest BCUT2D eigenvalue weighted by Gasteiger charge is -2.31. The number of anilines is 1. The Kier molecular flexibility index (Phi) is 8.63. The first kappa shape index (κ1) is 28.0. The van der Waals surface area contributed by atoms with Gasteiger partial charge in [0.1, 0.15) is 11.9 Å². The van der Waals surface area contributed by atoms with Gasteiger partial charge in [0, 0.05) is 49.8 Å². The monoisotopic (exact) mass is 547 g/mol. The van der Waals surface area contributed by atoms with E-state index >= 15 is 0 Å². The number of nitrogens with one attached hydrogen (secondary N) is 1. The number of ether oxygens (including phenoxy) is 1. The summed E-state index contributed by atoms with van der Waals surface area (Å²) in [7, 11) is 2.13. The van der Waals surface area contributed by atoms with Crippen LogP contribution >= 0.6 is 0 Å². The minimum absolute atomic E-state index is 0.0303. The van der Waals surface area contributed by atoms with Crippen LogP contribution in [-0.4, -0.2) is 80.4 Å². The van der Waals surface area contributed by atoms with Crippen molar-refractivity contribution in [2.75, 3.05) is 38.5 Å². The SMILES string of the molecule is C=CC(=O)N1CCC(CC(=O)C2C=C(Nc3nc(OC4CCN(C)CC4)nc4c(C(C)C)cnn34)C=CC2)CC1. The van der Waals surface area contributed by atoms with Gasteiger partial charge in [-0.15, -0.1) is 0 Å². The first-order valence-electron chi connectivity index (χ1n) is 14.5. The summed E-state index contributed by atoms with van der Waals surface area (Å²) >= 11 is 0. The van der Waals surface area contributed by atoms with Crippen molar-refractivity contribution in [1.82, 2.24) is 29.4 Å². The molecule has 1 atom stereocenters. The Morgan fingerprint density at radius 2 is 1.90 bits per heavy atom. The van der Waals surface area contributed by atoms with Crippen molar-refractivity contribution in [3.05, 3.63) is 48.3 Å². The normalized spacial score (nSPS) is 21.1. The maximum atomic E-state index is 13.3. The van der Waals surface area contributed by atoms with E-state index in [0.717, 1.165) is 55.7 Å². The van der Waals surface area contributed by atoms with E-state index in [9.17, 15) is 9.59 Å². The maximum absolute atomic E-state index is 13.3. The van der Waals surface area contributed by atoms with Crippen LogP contribution in [0.2, 0.25) is 0 Å². The van der Waals surface area contributed by atoms with Crippen LogP contribution in [0.1, 0.15) is 63.9 Å². The van der Waals surface area contributed by atoms with Gasteiger partial charge in [0.05, 0.1) is 6.20 Å². The molecular formula is C30H41N7O3. The molecule has 5 rings (SSSR count). The number of ketones is 1. The van der Waals surface area contributed by atoms with Gasteiger partial charge in [0.2, 0.25) is 11.9 Å². The van der Waals surface area contributed by atoms with Gasteiger partial charge in [0.15, 0.2) is 5.65 Å². The molecule has 0 spiro atoms. The van der Waals surface area contributed by atoms with Crippen LogP contribution in [-0.2, 0) is 9.59 Å². The van der Waals surface area contributed by atoms with E-state index in [-0.39, 0.29) is 29.6 Å². The van der Waals surface area contributed by atoms with Gasteiger partial charge >= 0.3 is 6.01 Å². The largest absolute Gasteiger partial charge is 0.460 e. The molecule has 4 heterocycles. The van der Waals surface area contributed by atoms with Gasteiger partial charge in [-0.05, 0) is 63.1 Å². The van der Waals surface area contributed by atoms with E-state index < -0.39 is 0 Å². The number of nitrogens with zero attached hydrogens (tertiary/aromatic N) is 6. The van der Waals surface area contributed by atoms with Crippen molar-refractivity contribution < 1.29 is 14.3 Å². The third-order valence-electron chi connectivity index (χ3n) is 8.26. The highest BCUT2D eigenvalue weighted by Gasteiger charge is 2.27. The van der Waals surface area contributed by atoms with Gasteiger partial charge in [-0.3, -0.25) is 9.59 Å². The van der Waals surface area contributed by atoms with Gasteiger partial charge in [-0.2, -0.15) is 19.6 Å². The molecule has 2 aromatic heterocycles. The Morgan fingerprint density at radius 1 is 1.15 bits per heavy atom. The van der Waals surface area contributed by atoms with E-state index in [0.29, 0.717) is 43.8 Å². The van der Waals surface area contributed by atoms with Crippen molar-refractivity contribution in [2.45, 2.75) is 64.4 Å². The Labute approximate surface area is 236 Å². The molecule has 3 aliphatic rings. The molecule has 1 N–H and O–H groups in total. The fourth-order valence-corrected chi connectivity index (χ4v) is 5.71. The van der Waals surface area contributed by atoms with E-state index in [1.54, 1.807) is 4.52 Å². The lowest BCUT2D eigenvalue weighted by Crippen LogP contribution is -2.38. The van der Waals surface area contributed by atoms with Crippen LogP contribution < -0.4 is 10.1 Å². The standard InChI is InChI=1S/C30H41N7O3/c1-5-27(39)36-15-9-21(10-16-36)17-26(38)22-7-6-8-23(18-22)32-29-34-30(40-24-11-13-35(4)14-12-24)33-28-25(20(2)3)19-31-37(28)29/h5-6,8,18-22,24H,1,7,9-17H2,2-4H3,(H,32,33,34). The third kappa shape index (κ3) is 6.43. The second-order valence-electron chi connectivity index (χ2n) is 11.6. The second-order valence-corrected chi connectivity index (χ2v) is 11.6. The highest BCUT2D eigenvalue weighted by molar-refractivity contribution is 5.87. The highest BCUT2D eigenvalue weighted by Crippen LogP contribution is 2.28. The Morgan fingerprint density at radius 3 is 2.60 bits per heavy atom. The molecule has 1 unspecified atom stereocenters. The summed E-state index contributed by atoms with van der Waals surface area (Å²) in [5.41, 5.74) is 2.56. The molecule has 2 fully saturated rings. The number of amides is 1. The Balaban J connectivity index is 1.30. The molecule has 2 saturated heterocycles. The molecule has 0 bridgehead atoms. The van der Waals surface area contributed by atoms with E-state index in [1.807, 2.05) is 29.3 Å². The van der Waals surface area contributed by atoms with E-state index in [1.165, 1.54) is 6.08 Å². The molecule has 1 aliphatic carbocycles. The van der Waals surface area contributed by atoms with Crippen molar-refractivity contribution in [2.24, 2.45) is 11.8 Å². The minimum Gasteiger partial charge on any atom is -0.460 e. The summed E-state index contributed by atoms with van der Waals surface area (Å²) in [4.78, 5) is 38.7. The van der Waals surface area contributed by atoms with Crippen molar-refractivity contribution in [1.29, 1.82) is 0 Å². The van der Waals surface area contributed by atoms with Crippen molar-refractivity contribution >= 4 is 23.3 Å². The number of fused-ring (bicyclic) bond motifs is 1. The zero-order valence-electron chi connectivity index (χ0n) is 23.9. The topological polar surface area (TPSA) is 105 Å². The fraction of sp³-hybridized carbons (Fsp3) is 0.567. The summed E-state index contributed by atoms with van der Waals surface area (Å²) in [6.07, 6.45) is 14.1. The van der Waals surface area contributed by atoms with Gasteiger partial charge in [0.25, 0.3) is 0 Å². The molecule has 214 valence electrons. The molecule has 0 aromatic carbocycles. The average molecular weight is 548 g/mol.